The summed E-state index contributed by atoms with van der Waals surface area (Å²) in [5.74, 6) is -1.35. The number of hydrogen-bond acceptors (Lipinski definition) is 5. The number of benzene rings is 2. The first-order valence-electron chi connectivity index (χ1n) is 11.9. The van der Waals surface area contributed by atoms with Gasteiger partial charge in [0.1, 0.15) is 11.9 Å². The number of fused-ring (bicyclic) bond motifs is 1. The molecule has 9 heteroatoms. The molecule has 2 aromatic rings. The van der Waals surface area contributed by atoms with E-state index in [1.165, 1.54) is 12.1 Å². The summed E-state index contributed by atoms with van der Waals surface area (Å²) in [7, 11) is 2.02. The number of carbonyl (C=O) groups is 3. The van der Waals surface area contributed by atoms with E-state index in [1.807, 2.05) is 7.05 Å². The van der Waals surface area contributed by atoms with Crippen molar-refractivity contribution in [1.82, 2.24) is 20.4 Å². The molecule has 0 aliphatic carbocycles. The molecule has 2 fully saturated rings. The minimum absolute atomic E-state index is 0.00947. The van der Waals surface area contributed by atoms with E-state index >= 15 is 0 Å². The monoisotopic (exact) mass is 482 g/mol. The lowest BCUT2D eigenvalue weighted by molar-refractivity contribution is -0.126. The van der Waals surface area contributed by atoms with Gasteiger partial charge in [0.15, 0.2) is 0 Å². The van der Waals surface area contributed by atoms with Crippen LogP contribution in [0.25, 0.3) is 0 Å². The maximum absolute atomic E-state index is 13.0. The largest absolute Gasteiger partial charge is 0.478 e. The summed E-state index contributed by atoms with van der Waals surface area (Å²) in [4.78, 5) is 40.8. The van der Waals surface area contributed by atoms with Crippen molar-refractivity contribution in [3.63, 3.8) is 0 Å². The van der Waals surface area contributed by atoms with Crippen molar-refractivity contribution >= 4 is 17.8 Å². The summed E-state index contributed by atoms with van der Waals surface area (Å²) >= 11 is 0. The van der Waals surface area contributed by atoms with Crippen LogP contribution < -0.4 is 10.6 Å². The number of halogens is 1. The normalized spacial score (nSPS) is 22.8. The van der Waals surface area contributed by atoms with Crippen LogP contribution in [0.3, 0.4) is 0 Å². The third kappa shape index (κ3) is 6.04. The lowest BCUT2D eigenvalue weighted by Crippen LogP contribution is -2.49. The summed E-state index contributed by atoms with van der Waals surface area (Å²) in [5.41, 5.74) is 2.04. The number of aromatic carboxylic acids is 1. The lowest BCUT2D eigenvalue weighted by Gasteiger charge is -2.33. The highest BCUT2D eigenvalue weighted by atomic mass is 19.1. The first-order chi connectivity index (χ1) is 16.8. The standard InChI is InChI=1S/C26H31FN4O4/c1-30-21(10-11-23(32)28-14-17-4-8-20(27)9-5-17)15-29-25(33)24-22(30)12-13-31(24)16-18-2-6-19(7-3-18)26(34)35/h2-9,21-22,24H,10-16H2,1H3,(H,28,32)(H,29,33)(H,34,35)/t21-,22+,24-/m0/s1. The zero-order chi connectivity index (χ0) is 24.9. The molecule has 2 heterocycles. The molecule has 2 amide bonds. The second-order valence-corrected chi connectivity index (χ2v) is 9.28. The van der Waals surface area contributed by atoms with Crippen LogP contribution in [-0.4, -0.2) is 71.0 Å². The predicted octanol–water partition coefficient (Wildman–Crippen LogP) is 1.99. The van der Waals surface area contributed by atoms with Crippen molar-refractivity contribution in [3.05, 3.63) is 71.0 Å². The van der Waals surface area contributed by atoms with Gasteiger partial charge in [0.2, 0.25) is 11.8 Å². The van der Waals surface area contributed by atoms with Crippen molar-refractivity contribution in [2.75, 3.05) is 20.1 Å². The third-order valence-corrected chi connectivity index (χ3v) is 7.04. The van der Waals surface area contributed by atoms with Gasteiger partial charge in [0.05, 0.1) is 5.56 Å². The van der Waals surface area contributed by atoms with Crippen LogP contribution in [0, 0.1) is 5.82 Å². The van der Waals surface area contributed by atoms with E-state index in [2.05, 4.69) is 20.4 Å². The molecular formula is C26H31FN4O4. The summed E-state index contributed by atoms with van der Waals surface area (Å²) < 4.78 is 13.0. The molecule has 35 heavy (non-hydrogen) atoms. The molecule has 2 aliphatic heterocycles. The van der Waals surface area contributed by atoms with Crippen LogP contribution in [0.1, 0.15) is 40.7 Å². The van der Waals surface area contributed by atoms with Gasteiger partial charge < -0.3 is 15.7 Å². The Morgan fingerprint density at radius 1 is 1.11 bits per heavy atom. The highest BCUT2D eigenvalue weighted by Gasteiger charge is 2.44. The van der Waals surface area contributed by atoms with Gasteiger partial charge in [-0.15, -0.1) is 0 Å². The quantitative estimate of drug-likeness (QED) is 0.532. The van der Waals surface area contributed by atoms with Gasteiger partial charge in [-0.3, -0.25) is 19.4 Å². The second-order valence-electron chi connectivity index (χ2n) is 9.28. The van der Waals surface area contributed by atoms with E-state index in [0.717, 1.165) is 24.1 Å². The summed E-state index contributed by atoms with van der Waals surface area (Å²) in [6.07, 6.45) is 1.80. The summed E-state index contributed by atoms with van der Waals surface area (Å²) in [5, 5.41) is 15.0. The van der Waals surface area contributed by atoms with Gasteiger partial charge in [-0.05, 0) is 55.3 Å². The average molecular weight is 483 g/mol. The fraction of sp³-hybridized carbons (Fsp3) is 0.423. The molecule has 8 nitrogen and oxygen atoms in total. The first kappa shape index (κ1) is 24.8. The van der Waals surface area contributed by atoms with Gasteiger partial charge in [0, 0.05) is 44.7 Å². The molecule has 2 aliphatic rings. The maximum Gasteiger partial charge on any atom is 0.335 e. The van der Waals surface area contributed by atoms with Crippen LogP contribution in [0.2, 0.25) is 0 Å². The lowest BCUT2D eigenvalue weighted by atomic mass is 10.0. The van der Waals surface area contributed by atoms with Crippen LogP contribution >= 0.6 is 0 Å². The average Bonchev–Trinajstić information content (AvgIpc) is 3.22. The SMILES string of the molecule is CN1[C@@H](CCC(=O)NCc2ccc(F)cc2)CNC(=O)[C@@H]2[C@H]1CCN2Cc1ccc(C(=O)O)cc1. The number of nitrogens with one attached hydrogen (secondary N) is 2. The van der Waals surface area contributed by atoms with E-state index < -0.39 is 5.97 Å². The van der Waals surface area contributed by atoms with Gasteiger partial charge in [0.25, 0.3) is 0 Å². The van der Waals surface area contributed by atoms with E-state index in [1.54, 1.807) is 36.4 Å². The maximum atomic E-state index is 13.0. The van der Waals surface area contributed by atoms with E-state index in [-0.39, 0.29) is 41.3 Å². The molecule has 2 saturated heterocycles. The Labute approximate surface area is 204 Å². The predicted molar refractivity (Wildman–Crippen MR) is 128 cm³/mol. The van der Waals surface area contributed by atoms with Crippen LogP contribution in [-0.2, 0) is 22.7 Å². The number of likely N-dealkylation sites (tertiary alicyclic amines) is 1. The molecule has 0 spiro atoms. The number of amides is 2. The number of nitrogens with zero attached hydrogens (tertiary/aromatic N) is 2. The Balaban J connectivity index is 1.32. The topological polar surface area (TPSA) is 102 Å². The third-order valence-electron chi connectivity index (χ3n) is 7.04. The van der Waals surface area contributed by atoms with Crippen LogP contribution in [0.4, 0.5) is 4.39 Å². The number of rotatable bonds is 8. The smallest absolute Gasteiger partial charge is 0.335 e. The molecule has 186 valence electrons. The van der Waals surface area contributed by atoms with Crippen molar-refractivity contribution in [3.8, 4) is 0 Å². The number of hydrogen-bond donors (Lipinski definition) is 3. The van der Waals surface area contributed by atoms with Crippen molar-refractivity contribution in [2.45, 2.75) is 50.5 Å². The fourth-order valence-electron chi connectivity index (χ4n) is 5.00. The Morgan fingerprint density at radius 3 is 2.49 bits per heavy atom. The fourth-order valence-corrected chi connectivity index (χ4v) is 5.00. The molecule has 0 aromatic heterocycles. The summed E-state index contributed by atoms with van der Waals surface area (Å²) in [6.45, 7) is 2.16. The van der Waals surface area contributed by atoms with Crippen molar-refractivity contribution < 1.29 is 23.9 Å². The first-order valence-corrected chi connectivity index (χ1v) is 11.9. The molecule has 2 aromatic carbocycles. The van der Waals surface area contributed by atoms with E-state index in [4.69, 9.17) is 5.11 Å². The Morgan fingerprint density at radius 2 is 1.80 bits per heavy atom. The number of carboxylic acid groups (broad SMARTS) is 1. The highest BCUT2D eigenvalue weighted by Crippen LogP contribution is 2.28. The van der Waals surface area contributed by atoms with Gasteiger partial charge in [-0.25, -0.2) is 9.18 Å². The van der Waals surface area contributed by atoms with Crippen LogP contribution in [0.5, 0.6) is 0 Å². The molecule has 3 N–H and O–H groups in total. The summed E-state index contributed by atoms with van der Waals surface area (Å²) in [6, 6.07) is 12.6. The van der Waals surface area contributed by atoms with Gasteiger partial charge in [-0.2, -0.15) is 0 Å². The number of likely N-dealkylation sites (N-methyl/N-ethyl adjacent to an activating group) is 1. The molecule has 0 unspecified atom stereocenters. The van der Waals surface area contributed by atoms with Crippen molar-refractivity contribution in [2.24, 2.45) is 0 Å². The van der Waals surface area contributed by atoms with Gasteiger partial charge >= 0.3 is 5.97 Å². The minimum Gasteiger partial charge on any atom is -0.478 e. The zero-order valence-electron chi connectivity index (χ0n) is 19.7. The van der Waals surface area contributed by atoms with Crippen LogP contribution in [0.15, 0.2) is 48.5 Å². The number of carbonyl (C=O) groups excluding carboxylic acids is 2. The molecule has 0 radical (unpaired) electrons. The van der Waals surface area contributed by atoms with E-state index in [0.29, 0.717) is 32.5 Å². The van der Waals surface area contributed by atoms with Gasteiger partial charge in [-0.1, -0.05) is 24.3 Å². The number of carboxylic acids is 1. The molecular weight excluding hydrogens is 451 g/mol. The highest BCUT2D eigenvalue weighted by molar-refractivity contribution is 5.87. The Kier molecular flexibility index (Phi) is 7.77. The zero-order valence-corrected chi connectivity index (χ0v) is 19.7. The second kappa shape index (κ2) is 11.0. The molecule has 3 atom stereocenters. The van der Waals surface area contributed by atoms with E-state index in [9.17, 15) is 18.8 Å². The minimum atomic E-state index is -0.960. The Hall–Kier alpha value is -3.30. The van der Waals surface area contributed by atoms with Crippen molar-refractivity contribution in [1.29, 1.82) is 0 Å². The molecule has 0 bridgehead atoms. The molecule has 0 saturated carbocycles. The molecule has 4 rings (SSSR count). The Bertz CT molecular complexity index is 1060.